The van der Waals surface area contributed by atoms with Crippen molar-refractivity contribution < 1.29 is 28.7 Å². The van der Waals surface area contributed by atoms with E-state index < -0.39 is 29.6 Å². The van der Waals surface area contributed by atoms with Gasteiger partial charge in [0.15, 0.2) is 6.61 Å². The van der Waals surface area contributed by atoms with E-state index in [1.54, 1.807) is 55.5 Å². The molecule has 8 nitrogen and oxygen atoms in total. The van der Waals surface area contributed by atoms with Crippen LogP contribution in [0.15, 0.2) is 47.4 Å². The molecule has 1 fully saturated rings. The van der Waals surface area contributed by atoms with Gasteiger partial charge in [0.25, 0.3) is 11.1 Å². The Morgan fingerprint density at radius 1 is 1.16 bits per heavy atom. The number of carbonyl (C=O) groups is 4. The van der Waals surface area contributed by atoms with Crippen LogP contribution in [0.1, 0.15) is 11.1 Å². The lowest BCUT2D eigenvalue weighted by atomic mass is 10.2. The predicted molar refractivity (Wildman–Crippen MR) is 121 cm³/mol. The molecule has 0 unspecified atom stereocenters. The van der Waals surface area contributed by atoms with Crippen LogP contribution in [-0.4, -0.2) is 48.2 Å². The zero-order chi connectivity index (χ0) is 23.3. The molecule has 0 saturated carbocycles. The smallest absolute Gasteiger partial charge is 0.343 e. The molecule has 2 aromatic rings. The summed E-state index contributed by atoms with van der Waals surface area (Å²) in [6.07, 6.45) is 1.55. The minimum absolute atomic E-state index is 0.199. The fourth-order valence-corrected chi connectivity index (χ4v) is 3.72. The third-order valence-corrected chi connectivity index (χ3v) is 5.55. The van der Waals surface area contributed by atoms with Crippen LogP contribution >= 0.6 is 23.4 Å². The number of amides is 3. The first kappa shape index (κ1) is 23.4. The molecule has 1 aliphatic rings. The molecule has 0 radical (unpaired) electrons. The van der Waals surface area contributed by atoms with Crippen molar-refractivity contribution in [3.63, 3.8) is 0 Å². The van der Waals surface area contributed by atoms with Crippen LogP contribution in [0.3, 0.4) is 0 Å². The maximum atomic E-state index is 12.6. The Morgan fingerprint density at radius 2 is 1.88 bits per heavy atom. The van der Waals surface area contributed by atoms with Gasteiger partial charge in [0, 0.05) is 10.7 Å². The molecular formula is C22H19ClN2O6S. The van der Waals surface area contributed by atoms with Gasteiger partial charge in [-0.25, -0.2) is 4.79 Å². The second-order valence-corrected chi connectivity index (χ2v) is 8.14. The maximum absolute atomic E-state index is 12.6. The Morgan fingerprint density at radius 3 is 2.56 bits per heavy atom. The number of carbonyl (C=O) groups excluding carboxylic acids is 4. The van der Waals surface area contributed by atoms with Crippen molar-refractivity contribution in [1.82, 2.24) is 4.90 Å². The van der Waals surface area contributed by atoms with Crippen molar-refractivity contribution in [2.75, 3.05) is 25.6 Å². The molecule has 166 valence electrons. The van der Waals surface area contributed by atoms with Gasteiger partial charge in [-0.2, -0.15) is 0 Å². The fraction of sp³-hybridized carbons (Fsp3) is 0.182. The van der Waals surface area contributed by atoms with Gasteiger partial charge >= 0.3 is 5.97 Å². The first-order valence-electron chi connectivity index (χ1n) is 9.38. The standard InChI is InChI=1S/C22H19ClN2O6S/c1-13-3-6-15(23)10-17(13)24-19(26)11-25-21(28)18(32-22(25)29)9-14-4-7-16(8-5-14)31-12-20(27)30-2/h3-10H,11-12H2,1-2H3,(H,24,26)/b18-9-. The average Bonchev–Trinajstić information content (AvgIpc) is 3.02. The molecule has 1 N–H and O–H groups in total. The molecule has 0 spiro atoms. The van der Waals surface area contributed by atoms with Gasteiger partial charge in [-0.3, -0.25) is 19.3 Å². The van der Waals surface area contributed by atoms with Gasteiger partial charge in [0.2, 0.25) is 5.91 Å². The summed E-state index contributed by atoms with van der Waals surface area (Å²) in [5, 5.41) is 2.60. The molecule has 0 atom stereocenters. The molecule has 3 amide bonds. The summed E-state index contributed by atoms with van der Waals surface area (Å²) in [6, 6.07) is 11.7. The lowest BCUT2D eigenvalue weighted by Gasteiger charge is -2.13. The van der Waals surface area contributed by atoms with E-state index in [0.717, 1.165) is 22.2 Å². The molecule has 0 bridgehead atoms. The van der Waals surface area contributed by atoms with Crippen molar-refractivity contribution in [3.8, 4) is 5.75 Å². The monoisotopic (exact) mass is 474 g/mol. The molecule has 0 aromatic heterocycles. The van der Waals surface area contributed by atoms with Crippen LogP contribution in [-0.2, 0) is 19.1 Å². The number of methoxy groups -OCH3 is 1. The number of ether oxygens (including phenoxy) is 2. The third kappa shape index (κ3) is 5.89. The lowest BCUT2D eigenvalue weighted by Crippen LogP contribution is -2.36. The van der Waals surface area contributed by atoms with Crippen molar-refractivity contribution in [3.05, 3.63) is 63.5 Å². The molecule has 2 aromatic carbocycles. The second-order valence-electron chi connectivity index (χ2n) is 6.71. The Labute approximate surface area is 193 Å². The average molecular weight is 475 g/mol. The third-order valence-electron chi connectivity index (χ3n) is 4.41. The van der Waals surface area contributed by atoms with E-state index in [9.17, 15) is 19.2 Å². The van der Waals surface area contributed by atoms with Gasteiger partial charge < -0.3 is 14.8 Å². The van der Waals surface area contributed by atoms with Gasteiger partial charge in [0.05, 0.1) is 12.0 Å². The van der Waals surface area contributed by atoms with E-state index in [2.05, 4.69) is 10.1 Å². The quantitative estimate of drug-likeness (QED) is 0.480. The number of aryl methyl sites for hydroxylation is 1. The molecule has 1 aliphatic heterocycles. The summed E-state index contributed by atoms with van der Waals surface area (Å²) in [5.74, 6) is -1.11. The Hall–Kier alpha value is -3.30. The molecular weight excluding hydrogens is 456 g/mol. The van der Waals surface area contributed by atoms with Crippen LogP contribution in [0.25, 0.3) is 6.08 Å². The van der Waals surface area contributed by atoms with Gasteiger partial charge in [-0.15, -0.1) is 0 Å². The zero-order valence-electron chi connectivity index (χ0n) is 17.2. The summed E-state index contributed by atoms with van der Waals surface area (Å²) in [5.41, 5.74) is 1.97. The van der Waals surface area contributed by atoms with Gasteiger partial charge in [0.1, 0.15) is 12.3 Å². The normalized spacial score (nSPS) is 14.6. The number of nitrogens with zero attached hydrogens (tertiary/aromatic N) is 1. The molecule has 0 aliphatic carbocycles. The highest BCUT2D eigenvalue weighted by molar-refractivity contribution is 8.18. The van der Waals surface area contributed by atoms with E-state index in [1.807, 2.05) is 0 Å². The first-order valence-corrected chi connectivity index (χ1v) is 10.6. The van der Waals surface area contributed by atoms with Crippen molar-refractivity contribution in [2.45, 2.75) is 6.92 Å². The number of rotatable bonds is 7. The predicted octanol–water partition coefficient (Wildman–Crippen LogP) is 3.88. The van der Waals surface area contributed by atoms with Gasteiger partial charge in [-0.1, -0.05) is 29.8 Å². The van der Waals surface area contributed by atoms with Crippen LogP contribution in [0.2, 0.25) is 5.02 Å². The number of halogens is 1. The van der Waals surface area contributed by atoms with Crippen LogP contribution in [0.4, 0.5) is 10.5 Å². The number of esters is 1. The second kappa shape index (κ2) is 10.3. The molecule has 1 heterocycles. The van der Waals surface area contributed by atoms with Crippen molar-refractivity contribution in [2.24, 2.45) is 0 Å². The highest BCUT2D eigenvalue weighted by Crippen LogP contribution is 2.32. The Balaban J connectivity index is 1.63. The Kier molecular flexibility index (Phi) is 7.55. The molecule has 3 rings (SSSR count). The summed E-state index contributed by atoms with van der Waals surface area (Å²) in [7, 11) is 1.27. The SMILES string of the molecule is COC(=O)COc1ccc(/C=C2\SC(=O)N(CC(=O)Nc3cc(Cl)ccc3C)C2=O)cc1. The Bertz CT molecular complexity index is 1100. The number of anilines is 1. The number of thioether (sulfide) groups is 1. The summed E-state index contributed by atoms with van der Waals surface area (Å²) < 4.78 is 9.77. The number of benzene rings is 2. The highest BCUT2D eigenvalue weighted by Gasteiger charge is 2.36. The molecule has 1 saturated heterocycles. The van der Waals surface area contributed by atoms with Crippen LogP contribution < -0.4 is 10.1 Å². The fourth-order valence-electron chi connectivity index (χ4n) is 2.71. The number of nitrogens with one attached hydrogen (secondary N) is 1. The van der Waals surface area contributed by atoms with Crippen LogP contribution in [0, 0.1) is 6.92 Å². The van der Waals surface area contributed by atoms with E-state index >= 15 is 0 Å². The summed E-state index contributed by atoms with van der Waals surface area (Å²) in [6.45, 7) is 1.18. The summed E-state index contributed by atoms with van der Waals surface area (Å²) in [4.78, 5) is 49.5. The van der Waals surface area contributed by atoms with Crippen molar-refractivity contribution in [1.29, 1.82) is 0 Å². The lowest BCUT2D eigenvalue weighted by molar-refractivity contribution is -0.142. The van der Waals surface area contributed by atoms with E-state index in [0.29, 0.717) is 22.0 Å². The van der Waals surface area contributed by atoms with Crippen molar-refractivity contribution >= 4 is 58.1 Å². The molecule has 10 heteroatoms. The first-order chi connectivity index (χ1) is 15.3. The van der Waals surface area contributed by atoms with Crippen LogP contribution in [0.5, 0.6) is 5.75 Å². The van der Waals surface area contributed by atoms with E-state index in [4.69, 9.17) is 16.3 Å². The topological polar surface area (TPSA) is 102 Å². The van der Waals surface area contributed by atoms with E-state index in [-0.39, 0.29) is 11.5 Å². The summed E-state index contributed by atoms with van der Waals surface area (Å²) >= 11 is 6.71. The van der Waals surface area contributed by atoms with E-state index in [1.165, 1.54) is 7.11 Å². The highest BCUT2D eigenvalue weighted by atomic mass is 35.5. The number of imide groups is 1. The largest absolute Gasteiger partial charge is 0.482 e. The maximum Gasteiger partial charge on any atom is 0.343 e. The van der Waals surface area contributed by atoms with Gasteiger partial charge in [-0.05, 0) is 60.2 Å². The zero-order valence-corrected chi connectivity index (χ0v) is 18.8. The number of hydrogen-bond donors (Lipinski definition) is 1. The molecule has 32 heavy (non-hydrogen) atoms. The number of hydrogen-bond acceptors (Lipinski definition) is 7. The minimum atomic E-state index is -0.552. The minimum Gasteiger partial charge on any atom is -0.482 e.